The van der Waals surface area contributed by atoms with Crippen molar-refractivity contribution in [3.63, 3.8) is 0 Å². The Bertz CT molecular complexity index is 736. The van der Waals surface area contributed by atoms with Crippen molar-refractivity contribution >= 4 is 22.7 Å². The van der Waals surface area contributed by atoms with Gasteiger partial charge in [0.25, 0.3) is 0 Å². The lowest BCUT2D eigenvalue weighted by Gasteiger charge is -2.44. The summed E-state index contributed by atoms with van der Waals surface area (Å²) in [6.45, 7) is 15.3. The van der Waals surface area contributed by atoms with E-state index in [1.807, 2.05) is 18.0 Å². The molecule has 0 aromatic heterocycles. The number of nitrogens with zero attached hydrogens (tertiary/aromatic N) is 2. The number of benzene rings is 1. The van der Waals surface area contributed by atoms with Gasteiger partial charge in [0.15, 0.2) is 0 Å². The fourth-order valence-electron chi connectivity index (χ4n) is 3.59. The van der Waals surface area contributed by atoms with Crippen LogP contribution < -0.4 is 10.2 Å². The molecule has 0 unspecified atom stereocenters. The Balaban J connectivity index is 1.98. The molecule has 1 aromatic rings. The Labute approximate surface area is 160 Å². The van der Waals surface area contributed by atoms with Gasteiger partial charge in [0.05, 0.1) is 23.5 Å². The van der Waals surface area contributed by atoms with E-state index in [0.717, 1.165) is 47.2 Å². The first-order chi connectivity index (χ1) is 12.2. The van der Waals surface area contributed by atoms with Gasteiger partial charge in [-0.1, -0.05) is 31.9 Å². The third-order valence-corrected chi connectivity index (χ3v) is 5.93. The molecule has 1 saturated heterocycles. The monoisotopic (exact) mass is 373 g/mol. The van der Waals surface area contributed by atoms with Crippen LogP contribution in [-0.4, -0.2) is 25.5 Å². The van der Waals surface area contributed by atoms with Gasteiger partial charge in [-0.15, -0.1) is 0 Å². The van der Waals surface area contributed by atoms with E-state index < -0.39 is 0 Å². The van der Waals surface area contributed by atoms with E-state index in [1.165, 1.54) is 12.8 Å². The second-order valence-electron chi connectivity index (χ2n) is 7.76. The van der Waals surface area contributed by atoms with E-state index >= 15 is 0 Å². The number of hydrogen-bond acceptors (Lipinski definition) is 4. The molecule has 1 N–H and O–H groups in total. The summed E-state index contributed by atoms with van der Waals surface area (Å²) in [5, 5.41) is 3.52. The molecule has 140 valence electrons. The minimum absolute atomic E-state index is 0.214. The Morgan fingerprint density at radius 3 is 2.69 bits per heavy atom. The molecule has 0 amide bonds. The average Bonchev–Trinajstić information content (AvgIpc) is 3.42. The van der Waals surface area contributed by atoms with E-state index in [-0.39, 0.29) is 17.7 Å². The second kappa shape index (κ2) is 7.03. The fraction of sp³-hybridized carbons (Fsp3) is 0.429. The summed E-state index contributed by atoms with van der Waals surface area (Å²) < 4.78 is 13.2. The lowest BCUT2D eigenvalue weighted by Crippen LogP contribution is -2.48. The fourth-order valence-corrected chi connectivity index (χ4v) is 3.85. The standard InChI is InChI=1S/C21H28FN3S/c1-14-12-21(4,23-16(3)25(14)6)18-9-10-19(15(2)26-22)20(11-18)24(5)13-17-7-8-17/h9-11,17,23H,1-3,7-8,12-13H2,4-6H3/t21-/m0/s1. The summed E-state index contributed by atoms with van der Waals surface area (Å²) in [4.78, 5) is 4.67. The van der Waals surface area contributed by atoms with Gasteiger partial charge in [-0.05, 0) is 37.3 Å². The van der Waals surface area contributed by atoms with Gasteiger partial charge in [-0.2, -0.15) is 3.89 Å². The van der Waals surface area contributed by atoms with Gasteiger partial charge in [0, 0.05) is 48.9 Å². The molecule has 0 spiro atoms. The van der Waals surface area contributed by atoms with Crippen molar-refractivity contribution in [2.24, 2.45) is 5.92 Å². The predicted octanol–water partition coefficient (Wildman–Crippen LogP) is 5.25. The summed E-state index contributed by atoms with van der Waals surface area (Å²) in [6.07, 6.45) is 3.35. The molecule has 2 fully saturated rings. The number of anilines is 1. The van der Waals surface area contributed by atoms with Crippen LogP contribution in [0.5, 0.6) is 0 Å². The highest BCUT2D eigenvalue weighted by molar-refractivity contribution is 8.03. The molecule has 1 aromatic carbocycles. The summed E-state index contributed by atoms with van der Waals surface area (Å²) in [6, 6.07) is 6.21. The van der Waals surface area contributed by atoms with Crippen molar-refractivity contribution in [2.75, 3.05) is 25.5 Å². The van der Waals surface area contributed by atoms with Crippen LogP contribution in [0.1, 0.15) is 37.3 Å². The van der Waals surface area contributed by atoms with Crippen LogP contribution in [0.4, 0.5) is 9.57 Å². The Morgan fingerprint density at radius 1 is 1.42 bits per heavy atom. The Hall–Kier alpha value is -1.88. The van der Waals surface area contributed by atoms with E-state index in [4.69, 9.17) is 0 Å². The van der Waals surface area contributed by atoms with Crippen LogP contribution in [0.25, 0.3) is 4.91 Å². The molecule has 26 heavy (non-hydrogen) atoms. The predicted molar refractivity (Wildman–Crippen MR) is 111 cm³/mol. The molecule has 1 aliphatic heterocycles. The lowest BCUT2D eigenvalue weighted by molar-refractivity contribution is 0.268. The van der Waals surface area contributed by atoms with Crippen molar-refractivity contribution in [2.45, 2.75) is 31.7 Å². The molecule has 1 aliphatic carbocycles. The van der Waals surface area contributed by atoms with Gasteiger partial charge >= 0.3 is 0 Å². The van der Waals surface area contributed by atoms with Gasteiger partial charge in [0.1, 0.15) is 0 Å². The molecule has 1 saturated carbocycles. The first-order valence-electron chi connectivity index (χ1n) is 8.97. The molecule has 1 heterocycles. The van der Waals surface area contributed by atoms with Crippen LogP contribution in [0, 0.1) is 5.92 Å². The molecule has 3 rings (SSSR count). The first kappa shape index (κ1) is 18.9. The Kier molecular flexibility index (Phi) is 5.11. The highest BCUT2D eigenvalue weighted by atomic mass is 32.2. The van der Waals surface area contributed by atoms with Crippen molar-refractivity contribution in [1.82, 2.24) is 10.2 Å². The summed E-state index contributed by atoms with van der Waals surface area (Å²) in [7, 11) is 4.05. The minimum atomic E-state index is -0.293. The van der Waals surface area contributed by atoms with Crippen molar-refractivity contribution in [3.8, 4) is 0 Å². The molecule has 3 nitrogen and oxygen atoms in total. The molecule has 0 bridgehead atoms. The number of halogens is 1. The molecule has 2 aliphatic rings. The molecule has 1 atom stereocenters. The van der Waals surface area contributed by atoms with E-state index in [1.54, 1.807) is 0 Å². The highest BCUT2D eigenvalue weighted by Gasteiger charge is 2.35. The van der Waals surface area contributed by atoms with E-state index in [0.29, 0.717) is 4.91 Å². The second-order valence-corrected chi connectivity index (χ2v) is 8.41. The SMILES string of the molecule is C=C(SF)c1ccc([C@]2(C)CC(=C)N(C)C(=C)N2)cc1N(C)CC1CC1. The zero-order valence-corrected chi connectivity index (χ0v) is 16.8. The van der Waals surface area contributed by atoms with Crippen LogP contribution in [0.3, 0.4) is 0 Å². The van der Waals surface area contributed by atoms with Gasteiger partial charge in [-0.3, -0.25) is 0 Å². The first-order valence-corrected chi connectivity index (χ1v) is 9.69. The zero-order valence-electron chi connectivity index (χ0n) is 15.9. The van der Waals surface area contributed by atoms with E-state index in [9.17, 15) is 3.89 Å². The van der Waals surface area contributed by atoms with Crippen LogP contribution in [-0.2, 0) is 5.54 Å². The number of nitrogens with one attached hydrogen (secondary N) is 1. The zero-order chi connectivity index (χ0) is 19.1. The van der Waals surface area contributed by atoms with Gasteiger partial charge < -0.3 is 15.1 Å². The molecule has 5 heteroatoms. The maximum atomic E-state index is 13.2. The van der Waals surface area contributed by atoms with Crippen LogP contribution >= 0.6 is 12.1 Å². The van der Waals surface area contributed by atoms with Crippen molar-refractivity contribution in [1.29, 1.82) is 0 Å². The van der Waals surface area contributed by atoms with E-state index in [2.05, 4.69) is 56.1 Å². The average molecular weight is 374 g/mol. The summed E-state index contributed by atoms with van der Waals surface area (Å²) in [5.74, 6) is 1.59. The molecular weight excluding hydrogens is 345 g/mol. The smallest absolute Gasteiger partial charge is 0.0985 e. The lowest BCUT2D eigenvalue weighted by atomic mass is 9.84. The normalized spacial score (nSPS) is 23.0. The summed E-state index contributed by atoms with van der Waals surface area (Å²) >= 11 is 0.214. The van der Waals surface area contributed by atoms with Crippen LogP contribution in [0.2, 0.25) is 0 Å². The summed E-state index contributed by atoms with van der Waals surface area (Å²) in [5.41, 5.74) is 3.77. The van der Waals surface area contributed by atoms with Gasteiger partial charge in [0.2, 0.25) is 0 Å². The Morgan fingerprint density at radius 2 is 2.12 bits per heavy atom. The topological polar surface area (TPSA) is 18.5 Å². The van der Waals surface area contributed by atoms with Crippen molar-refractivity contribution < 1.29 is 3.89 Å². The highest BCUT2D eigenvalue weighted by Crippen LogP contribution is 2.41. The third-order valence-electron chi connectivity index (χ3n) is 5.53. The largest absolute Gasteiger partial charge is 0.374 e. The van der Waals surface area contributed by atoms with Gasteiger partial charge in [-0.25, -0.2) is 0 Å². The molecular formula is C21H28FN3S. The third kappa shape index (κ3) is 3.63. The maximum absolute atomic E-state index is 13.2. The van der Waals surface area contributed by atoms with Crippen molar-refractivity contribution in [3.05, 3.63) is 60.6 Å². The maximum Gasteiger partial charge on any atom is 0.0985 e. The van der Waals surface area contributed by atoms with Crippen LogP contribution in [0.15, 0.2) is 49.5 Å². The molecule has 0 radical (unpaired) electrons. The minimum Gasteiger partial charge on any atom is -0.374 e. The quantitative estimate of drug-likeness (QED) is 0.734. The number of rotatable bonds is 6. The number of hydrogen-bond donors (Lipinski definition) is 1.